The van der Waals surface area contributed by atoms with Gasteiger partial charge >= 0.3 is 6.18 Å². The van der Waals surface area contributed by atoms with Gasteiger partial charge in [0.1, 0.15) is 5.69 Å². The SMILES string of the molecule is CC(C)(C)NCc1cncn1-c1ccc(C(F)(F)F)nc1. The van der Waals surface area contributed by atoms with Gasteiger partial charge in [-0.25, -0.2) is 9.97 Å². The summed E-state index contributed by atoms with van der Waals surface area (Å²) in [5, 5.41) is 3.31. The van der Waals surface area contributed by atoms with Crippen molar-refractivity contribution in [2.75, 3.05) is 0 Å². The van der Waals surface area contributed by atoms with Gasteiger partial charge in [0.25, 0.3) is 0 Å². The Morgan fingerprint density at radius 2 is 1.86 bits per heavy atom. The number of halogens is 3. The maximum Gasteiger partial charge on any atom is 0.433 e. The van der Waals surface area contributed by atoms with Gasteiger partial charge in [0.05, 0.1) is 23.9 Å². The molecule has 2 aromatic rings. The number of hydrogen-bond donors (Lipinski definition) is 1. The monoisotopic (exact) mass is 298 g/mol. The predicted molar refractivity (Wildman–Crippen MR) is 73.0 cm³/mol. The van der Waals surface area contributed by atoms with E-state index in [0.29, 0.717) is 12.2 Å². The van der Waals surface area contributed by atoms with Crippen LogP contribution in [0.15, 0.2) is 30.9 Å². The smallest absolute Gasteiger partial charge is 0.306 e. The molecule has 0 amide bonds. The highest BCUT2D eigenvalue weighted by molar-refractivity contribution is 5.32. The van der Waals surface area contributed by atoms with Gasteiger partial charge in [-0.05, 0) is 32.9 Å². The van der Waals surface area contributed by atoms with Crippen LogP contribution in [0, 0.1) is 0 Å². The molecule has 2 rings (SSSR count). The second-order valence-corrected chi connectivity index (χ2v) is 5.76. The first-order valence-electron chi connectivity index (χ1n) is 6.47. The van der Waals surface area contributed by atoms with Gasteiger partial charge < -0.3 is 9.88 Å². The van der Waals surface area contributed by atoms with Crippen molar-refractivity contribution in [1.82, 2.24) is 19.9 Å². The minimum absolute atomic E-state index is 0.0620. The van der Waals surface area contributed by atoms with Gasteiger partial charge in [0.15, 0.2) is 0 Å². The van der Waals surface area contributed by atoms with E-state index in [1.54, 1.807) is 17.1 Å². The molecule has 0 aliphatic carbocycles. The molecular formula is C14H17F3N4. The van der Waals surface area contributed by atoms with Crippen molar-refractivity contribution in [3.8, 4) is 5.69 Å². The van der Waals surface area contributed by atoms with E-state index in [-0.39, 0.29) is 5.54 Å². The van der Waals surface area contributed by atoms with E-state index in [0.717, 1.165) is 11.8 Å². The van der Waals surface area contributed by atoms with Gasteiger partial charge in [0.2, 0.25) is 0 Å². The molecule has 0 radical (unpaired) electrons. The van der Waals surface area contributed by atoms with E-state index >= 15 is 0 Å². The lowest BCUT2D eigenvalue weighted by molar-refractivity contribution is -0.141. The van der Waals surface area contributed by atoms with Crippen LogP contribution in [0.25, 0.3) is 5.69 Å². The van der Waals surface area contributed by atoms with Crippen LogP contribution in [-0.2, 0) is 12.7 Å². The molecule has 114 valence electrons. The third-order valence-electron chi connectivity index (χ3n) is 2.83. The van der Waals surface area contributed by atoms with Crippen molar-refractivity contribution in [1.29, 1.82) is 0 Å². The summed E-state index contributed by atoms with van der Waals surface area (Å²) in [6, 6.07) is 2.36. The molecule has 21 heavy (non-hydrogen) atoms. The minimum Gasteiger partial charge on any atom is -0.306 e. The highest BCUT2D eigenvalue weighted by Crippen LogP contribution is 2.27. The first kappa shape index (κ1) is 15.5. The molecule has 7 heteroatoms. The second kappa shape index (κ2) is 5.48. The average molecular weight is 298 g/mol. The molecule has 0 saturated carbocycles. The van der Waals surface area contributed by atoms with Crippen molar-refractivity contribution in [3.05, 3.63) is 42.2 Å². The molecule has 1 N–H and O–H groups in total. The lowest BCUT2D eigenvalue weighted by atomic mass is 10.1. The number of nitrogens with zero attached hydrogens (tertiary/aromatic N) is 3. The lowest BCUT2D eigenvalue weighted by Crippen LogP contribution is -2.35. The number of hydrogen-bond acceptors (Lipinski definition) is 3. The van der Waals surface area contributed by atoms with Gasteiger partial charge in [-0.1, -0.05) is 0 Å². The summed E-state index contributed by atoms with van der Waals surface area (Å²) in [7, 11) is 0. The summed E-state index contributed by atoms with van der Waals surface area (Å²) in [5.74, 6) is 0. The zero-order valence-electron chi connectivity index (χ0n) is 12.1. The summed E-state index contributed by atoms with van der Waals surface area (Å²) in [6.45, 7) is 6.67. The van der Waals surface area contributed by atoms with Crippen LogP contribution in [0.3, 0.4) is 0 Å². The Morgan fingerprint density at radius 3 is 2.38 bits per heavy atom. The van der Waals surface area contributed by atoms with Gasteiger partial charge in [0, 0.05) is 18.3 Å². The molecule has 0 aliphatic rings. The lowest BCUT2D eigenvalue weighted by Gasteiger charge is -2.21. The second-order valence-electron chi connectivity index (χ2n) is 5.76. The summed E-state index contributed by atoms with van der Waals surface area (Å²) < 4.78 is 39.2. The van der Waals surface area contributed by atoms with Gasteiger partial charge in [-0.15, -0.1) is 0 Å². The van der Waals surface area contributed by atoms with Crippen LogP contribution in [0.5, 0.6) is 0 Å². The molecule has 0 aliphatic heterocycles. The first-order valence-corrected chi connectivity index (χ1v) is 6.47. The van der Waals surface area contributed by atoms with Crippen molar-refractivity contribution < 1.29 is 13.2 Å². The fourth-order valence-electron chi connectivity index (χ4n) is 1.74. The number of alkyl halides is 3. The zero-order chi connectivity index (χ0) is 15.7. The molecule has 0 aromatic carbocycles. The highest BCUT2D eigenvalue weighted by Gasteiger charge is 2.32. The first-order chi connectivity index (χ1) is 9.67. The van der Waals surface area contributed by atoms with E-state index in [9.17, 15) is 13.2 Å². The third-order valence-corrected chi connectivity index (χ3v) is 2.83. The maximum absolute atomic E-state index is 12.5. The van der Waals surface area contributed by atoms with E-state index in [2.05, 4.69) is 15.3 Å². The number of nitrogens with one attached hydrogen (secondary N) is 1. The number of aromatic nitrogens is 3. The topological polar surface area (TPSA) is 42.7 Å². The maximum atomic E-state index is 12.5. The molecule has 2 heterocycles. The van der Waals surface area contributed by atoms with Crippen molar-refractivity contribution in [2.24, 2.45) is 0 Å². The summed E-state index contributed by atoms with van der Waals surface area (Å²) in [5.41, 5.74) is 0.437. The molecule has 0 unspecified atom stereocenters. The summed E-state index contributed by atoms with van der Waals surface area (Å²) in [4.78, 5) is 7.51. The van der Waals surface area contributed by atoms with Crippen LogP contribution < -0.4 is 5.32 Å². The highest BCUT2D eigenvalue weighted by atomic mass is 19.4. The predicted octanol–water partition coefficient (Wildman–Crippen LogP) is 3.17. The molecule has 2 aromatic heterocycles. The molecular weight excluding hydrogens is 281 g/mol. The van der Waals surface area contributed by atoms with E-state index in [4.69, 9.17) is 0 Å². The van der Waals surface area contributed by atoms with Crippen LogP contribution in [0.4, 0.5) is 13.2 Å². The van der Waals surface area contributed by atoms with Crippen LogP contribution in [-0.4, -0.2) is 20.1 Å². The largest absolute Gasteiger partial charge is 0.433 e. The summed E-state index contributed by atoms with van der Waals surface area (Å²) >= 11 is 0. The van der Waals surface area contributed by atoms with E-state index in [1.165, 1.54) is 12.3 Å². The third kappa shape index (κ3) is 4.04. The molecule has 0 atom stereocenters. The Kier molecular flexibility index (Phi) is 4.04. The van der Waals surface area contributed by atoms with Crippen molar-refractivity contribution in [2.45, 2.75) is 39.0 Å². The quantitative estimate of drug-likeness (QED) is 0.946. The molecule has 0 spiro atoms. The van der Waals surface area contributed by atoms with E-state index in [1.807, 2.05) is 20.8 Å². The zero-order valence-corrected chi connectivity index (χ0v) is 12.1. The van der Waals surface area contributed by atoms with Crippen molar-refractivity contribution >= 4 is 0 Å². The molecule has 0 fully saturated rings. The summed E-state index contributed by atoms with van der Waals surface area (Å²) in [6.07, 6.45) is 0.00946. The fraction of sp³-hybridized carbons (Fsp3) is 0.429. The Labute approximate surface area is 121 Å². The van der Waals surface area contributed by atoms with Gasteiger partial charge in [-0.2, -0.15) is 13.2 Å². The van der Waals surface area contributed by atoms with Crippen LogP contribution >= 0.6 is 0 Å². The Balaban J connectivity index is 2.21. The van der Waals surface area contributed by atoms with Crippen molar-refractivity contribution in [3.63, 3.8) is 0 Å². The standard InChI is InChI=1S/C14H17F3N4/c1-13(2,3)20-8-11-6-18-9-21(11)10-4-5-12(19-7-10)14(15,16)17/h4-7,9,20H,8H2,1-3H3. The van der Waals surface area contributed by atoms with Gasteiger partial charge in [-0.3, -0.25) is 0 Å². The minimum atomic E-state index is -4.43. The Hall–Kier alpha value is -1.89. The Morgan fingerprint density at radius 1 is 1.14 bits per heavy atom. The average Bonchev–Trinajstić information content (AvgIpc) is 2.83. The molecule has 4 nitrogen and oxygen atoms in total. The molecule has 0 bridgehead atoms. The molecule has 0 saturated heterocycles. The fourth-order valence-corrected chi connectivity index (χ4v) is 1.74. The van der Waals surface area contributed by atoms with Crippen LogP contribution in [0.1, 0.15) is 32.2 Å². The number of rotatable bonds is 3. The van der Waals surface area contributed by atoms with E-state index < -0.39 is 11.9 Å². The number of imidazole rings is 1. The normalized spacial score (nSPS) is 12.7. The number of pyridine rings is 1. The Bertz CT molecular complexity index is 594. The van der Waals surface area contributed by atoms with Crippen LogP contribution in [0.2, 0.25) is 0 Å².